The van der Waals surface area contributed by atoms with E-state index in [1.54, 1.807) is 31.5 Å². The average molecular weight is 354 g/mol. The second-order valence-electron chi connectivity index (χ2n) is 4.95. The van der Waals surface area contributed by atoms with Crippen LogP contribution in [0.3, 0.4) is 0 Å². The number of aliphatic imine (C=N–C) groups is 1. The van der Waals surface area contributed by atoms with Crippen molar-refractivity contribution in [1.82, 2.24) is 4.98 Å². The fourth-order valence-corrected chi connectivity index (χ4v) is 3.10. The lowest BCUT2D eigenvalue weighted by Gasteiger charge is -2.15. The molecule has 25 heavy (non-hydrogen) atoms. The summed E-state index contributed by atoms with van der Waals surface area (Å²) < 4.78 is 5.08. The van der Waals surface area contributed by atoms with Gasteiger partial charge in [-0.15, -0.1) is 18.3 Å². The molecule has 0 aliphatic heterocycles. The number of hydrogen-bond donors (Lipinski definition) is 2. The number of hydrogen-bond acceptors (Lipinski definition) is 7. The Morgan fingerprint density at radius 2 is 2.28 bits per heavy atom. The van der Waals surface area contributed by atoms with Crippen molar-refractivity contribution in [1.29, 1.82) is 5.26 Å². The fourth-order valence-electron chi connectivity index (χ4n) is 2.35. The highest BCUT2D eigenvalue weighted by Crippen LogP contribution is 2.38. The van der Waals surface area contributed by atoms with E-state index in [0.29, 0.717) is 33.2 Å². The number of rotatable bonds is 6. The van der Waals surface area contributed by atoms with Crippen LogP contribution in [0.5, 0.6) is 11.5 Å². The summed E-state index contributed by atoms with van der Waals surface area (Å²) in [5.41, 5.74) is 8.10. The molecule has 1 aromatic heterocycles. The first-order valence-corrected chi connectivity index (χ1v) is 8.32. The highest BCUT2D eigenvalue weighted by Gasteiger charge is 2.20. The number of nitrogen functional groups attached to an aromatic ring is 1. The molecular weight excluding hydrogens is 336 g/mol. The maximum atomic E-state index is 10.1. The molecule has 0 radical (unpaired) electrons. The van der Waals surface area contributed by atoms with Gasteiger partial charge in [-0.05, 0) is 17.7 Å². The van der Waals surface area contributed by atoms with E-state index in [2.05, 4.69) is 22.6 Å². The van der Waals surface area contributed by atoms with E-state index < -0.39 is 0 Å². The lowest BCUT2D eigenvalue weighted by atomic mass is 9.96. The molecule has 2 aromatic rings. The first-order valence-electron chi connectivity index (χ1n) is 7.34. The van der Waals surface area contributed by atoms with Gasteiger partial charge in [-0.3, -0.25) is 4.99 Å². The van der Waals surface area contributed by atoms with Gasteiger partial charge in [0.05, 0.1) is 7.11 Å². The van der Waals surface area contributed by atoms with Crippen LogP contribution in [0.4, 0.5) is 5.82 Å². The summed E-state index contributed by atoms with van der Waals surface area (Å²) in [6.45, 7) is 3.71. The summed E-state index contributed by atoms with van der Waals surface area (Å²) in [5.74, 6) is 1.08. The van der Waals surface area contributed by atoms with E-state index in [9.17, 15) is 10.4 Å². The number of aromatic nitrogens is 1. The minimum Gasteiger partial charge on any atom is -0.504 e. The number of phenols is 1. The molecule has 0 saturated carbocycles. The fraction of sp³-hybridized carbons (Fsp3) is 0.167. The van der Waals surface area contributed by atoms with Crippen molar-refractivity contribution in [2.45, 2.75) is 5.03 Å². The molecule has 7 heteroatoms. The number of aromatic hydroxyl groups is 1. The third-order valence-electron chi connectivity index (χ3n) is 3.40. The van der Waals surface area contributed by atoms with E-state index in [-0.39, 0.29) is 17.1 Å². The molecule has 0 aliphatic rings. The molecule has 2 rings (SSSR count). The van der Waals surface area contributed by atoms with Crippen LogP contribution >= 0.6 is 11.8 Å². The molecule has 0 saturated heterocycles. The van der Waals surface area contributed by atoms with Crippen LogP contribution in [0.1, 0.15) is 11.1 Å². The van der Waals surface area contributed by atoms with Crippen LogP contribution in [0.25, 0.3) is 11.1 Å². The molecule has 0 bridgehead atoms. The Kier molecular flexibility index (Phi) is 6.03. The Morgan fingerprint density at radius 1 is 1.52 bits per heavy atom. The van der Waals surface area contributed by atoms with Crippen molar-refractivity contribution in [3.8, 4) is 28.7 Å². The zero-order chi connectivity index (χ0) is 18.4. The summed E-state index contributed by atoms with van der Waals surface area (Å²) >= 11 is 1.44. The maximum Gasteiger partial charge on any atom is 0.160 e. The molecule has 0 atom stereocenters. The second kappa shape index (κ2) is 8.22. The van der Waals surface area contributed by atoms with Crippen molar-refractivity contribution in [3.63, 3.8) is 0 Å². The van der Waals surface area contributed by atoms with E-state index in [1.807, 2.05) is 0 Å². The predicted molar refractivity (Wildman–Crippen MR) is 101 cm³/mol. The van der Waals surface area contributed by atoms with Crippen LogP contribution < -0.4 is 10.5 Å². The smallest absolute Gasteiger partial charge is 0.160 e. The molecule has 0 aliphatic carbocycles. The lowest BCUT2D eigenvalue weighted by molar-refractivity contribution is 0.373. The summed E-state index contributed by atoms with van der Waals surface area (Å²) in [6.07, 6.45) is 3.39. The van der Waals surface area contributed by atoms with Gasteiger partial charge in [-0.1, -0.05) is 12.1 Å². The summed E-state index contributed by atoms with van der Waals surface area (Å²) in [5, 5.41) is 20.3. The molecule has 1 aromatic carbocycles. The summed E-state index contributed by atoms with van der Waals surface area (Å²) in [6, 6.07) is 7.02. The Bertz CT molecular complexity index is 872. The zero-order valence-electron chi connectivity index (χ0n) is 14.0. The predicted octanol–water partition coefficient (Wildman–Crippen LogP) is 3.24. The highest BCUT2D eigenvalue weighted by atomic mass is 32.2. The minimum atomic E-state index is -0.0287. The topological polar surface area (TPSA) is 105 Å². The SMILES string of the molecule is C=CCSc1nc(N)c(C#N)c(-c2ccc(OC)c(O)c2)c1C=NC. The van der Waals surface area contributed by atoms with Gasteiger partial charge in [0.25, 0.3) is 0 Å². The van der Waals surface area contributed by atoms with Crippen LogP contribution in [0.2, 0.25) is 0 Å². The Hall–Kier alpha value is -2.98. The van der Waals surface area contributed by atoms with Gasteiger partial charge in [0.1, 0.15) is 22.5 Å². The number of methoxy groups -OCH3 is 1. The summed E-state index contributed by atoms with van der Waals surface area (Å²) in [4.78, 5) is 8.41. The van der Waals surface area contributed by atoms with E-state index >= 15 is 0 Å². The van der Waals surface area contributed by atoms with Crippen molar-refractivity contribution in [3.05, 3.63) is 42.0 Å². The molecule has 0 unspecified atom stereocenters. The molecule has 0 fully saturated rings. The van der Waals surface area contributed by atoms with E-state index in [1.165, 1.54) is 24.9 Å². The Morgan fingerprint density at radius 3 is 2.84 bits per heavy atom. The van der Waals surface area contributed by atoms with Crippen molar-refractivity contribution >= 4 is 23.8 Å². The minimum absolute atomic E-state index is 0.0287. The van der Waals surface area contributed by atoms with Gasteiger partial charge in [0.2, 0.25) is 0 Å². The van der Waals surface area contributed by atoms with Crippen LogP contribution in [0, 0.1) is 11.3 Å². The number of nitrogens with two attached hydrogens (primary N) is 1. The quantitative estimate of drug-likeness (QED) is 0.469. The molecular formula is C18H18N4O2S. The first kappa shape index (κ1) is 18.4. The van der Waals surface area contributed by atoms with Gasteiger partial charge in [0.15, 0.2) is 11.5 Å². The number of phenolic OH excluding ortho intramolecular Hbond substituents is 1. The summed E-state index contributed by atoms with van der Waals surface area (Å²) in [7, 11) is 3.11. The van der Waals surface area contributed by atoms with Gasteiger partial charge < -0.3 is 15.6 Å². The highest BCUT2D eigenvalue weighted by molar-refractivity contribution is 7.99. The largest absolute Gasteiger partial charge is 0.504 e. The second-order valence-corrected chi connectivity index (χ2v) is 5.96. The lowest BCUT2D eigenvalue weighted by Crippen LogP contribution is -2.05. The molecule has 0 amide bonds. The first-order chi connectivity index (χ1) is 12.1. The van der Waals surface area contributed by atoms with Gasteiger partial charge in [-0.2, -0.15) is 5.26 Å². The number of pyridine rings is 1. The van der Waals surface area contributed by atoms with Crippen molar-refractivity contribution in [2.24, 2.45) is 4.99 Å². The number of anilines is 1. The Labute approximate surface area is 150 Å². The van der Waals surface area contributed by atoms with E-state index in [0.717, 1.165) is 0 Å². The van der Waals surface area contributed by atoms with Gasteiger partial charge >= 0.3 is 0 Å². The van der Waals surface area contributed by atoms with Gasteiger partial charge in [0, 0.05) is 30.1 Å². The molecule has 0 spiro atoms. The molecule has 3 N–H and O–H groups in total. The number of nitriles is 1. The third kappa shape index (κ3) is 3.75. The number of nitrogens with zero attached hydrogens (tertiary/aromatic N) is 3. The molecule has 6 nitrogen and oxygen atoms in total. The zero-order valence-corrected chi connectivity index (χ0v) is 14.8. The van der Waals surface area contributed by atoms with Crippen molar-refractivity contribution in [2.75, 3.05) is 25.6 Å². The van der Waals surface area contributed by atoms with Crippen LogP contribution in [0.15, 0.2) is 40.9 Å². The number of thioether (sulfide) groups is 1. The van der Waals surface area contributed by atoms with Crippen molar-refractivity contribution < 1.29 is 9.84 Å². The average Bonchev–Trinajstić information content (AvgIpc) is 2.61. The van der Waals surface area contributed by atoms with Gasteiger partial charge in [-0.25, -0.2) is 4.98 Å². The normalized spacial score (nSPS) is 10.6. The third-order valence-corrected chi connectivity index (χ3v) is 4.39. The van der Waals surface area contributed by atoms with E-state index in [4.69, 9.17) is 10.5 Å². The molecule has 128 valence electrons. The number of benzene rings is 1. The molecule has 1 heterocycles. The Balaban J connectivity index is 2.81. The van der Waals surface area contributed by atoms with Crippen LogP contribution in [-0.4, -0.2) is 36.2 Å². The monoisotopic (exact) mass is 354 g/mol. The van der Waals surface area contributed by atoms with Crippen LogP contribution in [-0.2, 0) is 0 Å². The maximum absolute atomic E-state index is 10.1. The standard InChI is InChI=1S/C18H18N4O2S/c1-4-7-25-18-13(10-21-2)16(12(9-19)17(20)22-18)11-5-6-15(24-3)14(23)8-11/h4-6,8,10,23H,1,7H2,2-3H3,(H2,20,22). The number of ether oxygens (including phenoxy) is 1.